The quantitative estimate of drug-likeness (QED) is 0.809. The van der Waals surface area contributed by atoms with Gasteiger partial charge in [-0.15, -0.1) is 0 Å². The molecule has 2 rings (SSSR count). The molecule has 0 spiro atoms. The predicted octanol–water partition coefficient (Wildman–Crippen LogP) is 3.10. The summed E-state index contributed by atoms with van der Waals surface area (Å²) in [4.78, 5) is 0. The zero-order valence-electron chi connectivity index (χ0n) is 9.33. The number of benzene rings is 1. The normalized spacial score (nSPS) is 22.1. The third kappa shape index (κ3) is 1.67. The molecule has 2 atom stereocenters. The van der Waals surface area contributed by atoms with E-state index in [1.165, 1.54) is 0 Å². The van der Waals surface area contributed by atoms with Crippen LogP contribution < -0.4 is 5.73 Å². The molecule has 82 valence electrons. The van der Waals surface area contributed by atoms with Gasteiger partial charge in [-0.3, -0.25) is 0 Å². The van der Waals surface area contributed by atoms with E-state index in [1.54, 1.807) is 6.92 Å². The van der Waals surface area contributed by atoms with Gasteiger partial charge in [0.05, 0.1) is 0 Å². The maximum Gasteiger partial charge on any atom is 0.123 e. The number of hydrogen-bond acceptors (Lipinski definition) is 1. The molecule has 0 radical (unpaired) electrons. The van der Waals surface area contributed by atoms with Crippen molar-refractivity contribution in [2.24, 2.45) is 5.73 Å². The molecular weight excluding hydrogens is 189 g/mol. The van der Waals surface area contributed by atoms with Crippen molar-refractivity contribution in [2.45, 2.75) is 44.3 Å². The molecule has 0 aliphatic heterocycles. The lowest BCUT2D eigenvalue weighted by Crippen LogP contribution is -2.32. The van der Waals surface area contributed by atoms with Crippen LogP contribution in [0.1, 0.15) is 44.0 Å². The minimum absolute atomic E-state index is 0.0525. The minimum Gasteiger partial charge on any atom is -0.327 e. The summed E-state index contributed by atoms with van der Waals surface area (Å²) in [6, 6.07) is 7.89. The first kappa shape index (κ1) is 10.6. The zero-order valence-corrected chi connectivity index (χ0v) is 9.33. The lowest BCUT2D eigenvalue weighted by Gasteiger charge is -2.23. The largest absolute Gasteiger partial charge is 0.327 e. The molecule has 1 aliphatic carbocycles. The number of halogens is 1. The SMILES string of the molecule is CC(F)c1ccccc1C1(C(C)N)CC1. The van der Waals surface area contributed by atoms with Crippen molar-refractivity contribution in [1.29, 1.82) is 0 Å². The van der Waals surface area contributed by atoms with Gasteiger partial charge >= 0.3 is 0 Å². The van der Waals surface area contributed by atoms with Gasteiger partial charge in [-0.25, -0.2) is 4.39 Å². The Kier molecular flexibility index (Phi) is 2.55. The molecule has 0 aromatic heterocycles. The van der Waals surface area contributed by atoms with Crippen molar-refractivity contribution in [3.8, 4) is 0 Å². The van der Waals surface area contributed by atoms with E-state index in [1.807, 2.05) is 31.2 Å². The highest BCUT2D eigenvalue weighted by Crippen LogP contribution is 2.52. The number of alkyl halides is 1. The number of hydrogen-bond donors (Lipinski definition) is 1. The summed E-state index contributed by atoms with van der Waals surface area (Å²) < 4.78 is 13.5. The van der Waals surface area contributed by atoms with Crippen LogP contribution in [0.3, 0.4) is 0 Å². The van der Waals surface area contributed by atoms with Gasteiger partial charge in [0, 0.05) is 11.5 Å². The Morgan fingerprint density at radius 2 is 1.87 bits per heavy atom. The number of nitrogens with two attached hydrogens (primary N) is 1. The Hall–Kier alpha value is -0.890. The molecule has 0 saturated heterocycles. The second-order valence-electron chi connectivity index (χ2n) is 4.65. The molecular formula is C13H18FN. The van der Waals surface area contributed by atoms with E-state index in [2.05, 4.69) is 0 Å². The first-order chi connectivity index (χ1) is 7.08. The molecule has 1 saturated carbocycles. The molecule has 2 N–H and O–H groups in total. The molecule has 2 unspecified atom stereocenters. The van der Waals surface area contributed by atoms with Crippen LogP contribution in [0.2, 0.25) is 0 Å². The zero-order chi connectivity index (χ0) is 11.1. The average molecular weight is 207 g/mol. The Labute approximate surface area is 90.5 Å². The fourth-order valence-corrected chi connectivity index (χ4v) is 2.40. The Morgan fingerprint density at radius 1 is 1.27 bits per heavy atom. The van der Waals surface area contributed by atoms with E-state index in [0.29, 0.717) is 0 Å². The smallest absolute Gasteiger partial charge is 0.123 e. The van der Waals surface area contributed by atoms with Crippen molar-refractivity contribution in [3.05, 3.63) is 35.4 Å². The van der Waals surface area contributed by atoms with Crippen molar-refractivity contribution >= 4 is 0 Å². The summed E-state index contributed by atoms with van der Waals surface area (Å²) in [5.41, 5.74) is 8.00. The Bertz CT molecular complexity index is 353. The molecule has 1 aromatic carbocycles. The highest BCUT2D eigenvalue weighted by molar-refractivity contribution is 5.41. The molecule has 2 heteroatoms. The number of rotatable bonds is 3. The lowest BCUT2D eigenvalue weighted by molar-refractivity contribution is 0.367. The van der Waals surface area contributed by atoms with Gasteiger partial charge in [0.25, 0.3) is 0 Å². The van der Waals surface area contributed by atoms with E-state index < -0.39 is 6.17 Å². The molecule has 15 heavy (non-hydrogen) atoms. The minimum atomic E-state index is -0.905. The van der Waals surface area contributed by atoms with Crippen LogP contribution in [0.4, 0.5) is 4.39 Å². The third-order valence-corrected chi connectivity index (χ3v) is 3.59. The van der Waals surface area contributed by atoms with Crippen LogP contribution >= 0.6 is 0 Å². The first-order valence-corrected chi connectivity index (χ1v) is 5.57. The second-order valence-corrected chi connectivity index (χ2v) is 4.65. The Balaban J connectivity index is 2.44. The standard InChI is InChI=1S/C13H18FN/c1-9(14)11-5-3-4-6-12(11)13(7-8-13)10(2)15/h3-6,9-10H,7-8,15H2,1-2H3. The first-order valence-electron chi connectivity index (χ1n) is 5.57. The van der Waals surface area contributed by atoms with Gasteiger partial charge in [-0.05, 0) is 37.8 Å². The van der Waals surface area contributed by atoms with Gasteiger partial charge in [0.2, 0.25) is 0 Å². The molecule has 1 aliphatic rings. The maximum atomic E-state index is 13.5. The lowest BCUT2D eigenvalue weighted by atomic mass is 9.85. The average Bonchev–Trinajstić information content (AvgIpc) is 2.98. The Morgan fingerprint density at radius 3 is 2.33 bits per heavy atom. The molecule has 1 aromatic rings. The molecule has 0 heterocycles. The summed E-state index contributed by atoms with van der Waals surface area (Å²) in [6.45, 7) is 3.61. The van der Waals surface area contributed by atoms with Crippen molar-refractivity contribution in [3.63, 3.8) is 0 Å². The van der Waals surface area contributed by atoms with Gasteiger partial charge in [-0.1, -0.05) is 24.3 Å². The molecule has 1 fully saturated rings. The third-order valence-electron chi connectivity index (χ3n) is 3.59. The van der Waals surface area contributed by atoms with Gasteiger partial charge in [0.15, 0.2) is 0 Å². The molecule has 0 amide bonds. The summed E-state index contributed by atoms with van der Waals surface area (Å²) in [5.74, 6) is 0. The van der Waals surface area contributed by atoms with Crippen LogP contribution in [0.15, 0.2) is 24.3 Å². The van der Waals surface area contributed by atoms with E-state index in [0.717, 1.165) is 24.0 Å². The highest BCUT2D eigenvalue weighted by atomic mass is 19.1. The van der Waals surface area contributed by atoms with Gasteiger partial charge in [-0.2, -0.15) is 0 Å². The van der Waals surface area contributed by atoms with E-state index in [-0.39, 0.29) is 11.5 Å². The van der Waals surface area contributed by atoms with Crippen LogP contribution in [0, 0.1) is 0 Å². The van der Waals surface area contributed by atoms with E-state index in [4.69, 9.17) is 5.73 Å². The summed E-state index contributed by atoms with van der Waals surface area (Å²) >= 11 is 0. The summed E-state index contributed by atoms with van der Waals surface area (Å²) in [5, 5.41) is 0. The summed E-state index contributed by atoms with van der Waals surface area (Å²) in [6.07, 6.45) is 1.28. The van der Waals surface area contributed by atoms with Gasteiger partial charge < -0.3 is 5.73 Å². The maximum absolute atomic E-state index is 13.5. The van der Waals surface area contributed by atoms with Crippen LogP contribution in [0.25, 0.3) is 0 Å². The second kappa shape index (κ2) is 3.60. The van der Waals surface area contributed by atoms with E-state index in [9.17, 15) is 4.39 Å². The van der Waals surface area contributed by atoms with Crippen molar-refractivity contribution in [1.82, 2.24) is 0 Å². The molecule has 0 bridgehead atoms. The van der Waals surface area contributed by atoms with Crippen LogP contribution in [-0.2, 0) is 5.41 Å². The summed E-state index contributed by atoms with van der Waals surface area (Å²) in [7, 11) is 0. The fraction of sp³-hybridized carbons (Fsp3) is 0.538. The van der Waals surface area contributed by atoms with Crippen LogP contribution in [-0.4, -0.2) is 6.04 Å². The van der Waals surface area contributed by atoms with Crippen molar-refractivity contribution in [2.75, 3.05) is 0 Å². The highest BCUT2D eigenvalue weighted by Gasteiger charge is 2.48. The van der Waals surface area contributed by atoms with Crippen LogP contribution in [0.5, 0.6) is 0 Å². The topological polar surface area (TPSA) is 26.0 Å². The van der Waals surface area contributed by atoms with Gasteiger partial charge in [0.1, 0.15) is 6.17 Å². The van der Waals surface area contributed by atoms with E-state index >= 15 is 0 Å². The predicted molar refractivity (Wildman–Crippen MR) is 60.5 cm³/mol. The molecule has 1 nitrogen and oxygen atoms in total. The monoisotopic (exact) mass is 207 g/mol. The van der Waals surface area contributed by atoms with Crippen molar-refractivity contribution < 1.29 is 4.39 Å². The fourth-order valence-electron chi connectivity index (χ4n) is 2.40.